The molecule has 0 aliphatic rings. The Balaban J connectivity index is 4.02. The molecule has 482 valence electrons. The van der Waals surface area contributed by atoms with E-state index in [1.165, 1.54) is 321 Å². The molecular formula is C72H142NO8+. The quantitative estimate of drug-likeness (QED) is 0.0278. The zero-order valence-corrected chi connectivity index (χ0v) is 55.2. The van der Waals surface area contributed by atoms with Crippen LogP contribution in [0.2, 0.25) is 0 Å². The van der Waals surface area contributed by atoms with Crippen LogP contribution in [0.3, 0.4) is 0 Å². The van der Waals surface area contributed by atoms with Gasteiger partial charge in [0.15, 0.2) is 6.10 Å². The first kappa shape index (κ1) is 79.3. The van der Waals surface area contributed by atoms with Crippen LogP contribution in [0.25, 0.3) is 0 Å². The number of hydrogen-bond acceptors (Lipinski definition) is 7. The van der Waals surface area contributed by atoms with Crippen molar-refractivity contribution in [1.29, 1.82) is 0 Å². The molecule has 1 N–H and O–H groups in total. The number of carboxylic acids is 1. The van der Waals surface area contributed by atoms with Crippen molar-refractivity contribution in [3.63, 3.8) is 0 Å². The third-order valence-electron chi connectivity index (χ3n) is 16.9. The smallest absolute Gasteiger partial charge is 0.361 e. The summed E-state index contributed by atoms with van der Waals surface area (Å²) in [6.07, 6.45) is 73.7. The van der Waals surface area contributed by atoms with Crippen molar-refractivity contribution < 1.29 is 42.9 Å². The van der Waals surface area contributed by atoms with Crippen LogP contribution in [0.5, 0.6) is 0 Å². The van der Waals surface area contributed by atoms with Gasteiger partial charge in [-0.1, -0.05) is 361 Å². The summed E-state index contributed by atoms with van der Waals surface area (Å²) >= 11 is 0. The molecule has 0 saturated carbocycles. The Kier molecular flexibility index (Phi) is 62.9. The topological polar surface area (TPSA) is 108 Å². The molecule has 9 nitrogen and oxygen atoms in total. The standard InChI is InChI=1S/C72H141NO8/c1-6-8-10-12-14-16-18-20-22-24-26-28-30-32-34-36-38-40-42-44-46-48-50-52-54-56-58-60-62-69(74)79-66-68(67-80-72(71(76)77)78-65-64-73(3,4)5)81-70(75)63-61-59-57-55-53-51-49-47-45-43-41-39-37-35-33-31-29-27-25-23-21-19-17-15-13-11-9-7-2/h68,72H,6-67H2,1-5H3/p+1. The normalized spacial score (nSPS) is 12.6. The van der Waals surface area contributed by atoms with Crippen molar-refractivity contribution in [1.82, 2.24) is 0 Å². The minimum Gasteiger partial charge on any atom is -0.477 e. The van der Waals surface area contributed by atoms with Gasteiger partial charge in [-0.25, -0.2) is 4.79 Å². The van der Waals surface area contributed by atoms with Crippen LogP contribution in [-0.2, 0) is 33.3 Å². The number of likely N-dealkylation sites (N-methyl/N-ethyl adjacent to an activating group) is 1. The number of esters is 2. The number of unbranched alkanes of at least 4 members (excludes halogenated alkanes) is 54. The highest BCUT2D eigenvalue weighted by atomic mass is 16.7. The van der Waals surface area contributed by atoms with E-state index in [1.54, 1.807) is 0 Å². The fourth-order valence-corrected chi connectivity index (χ4v) is 11.3. The van der Waals surface area contributed by atoms with Crippen LogP contribution in [-0.4, -0.2) is 87.4 Å². The van der Waals surface area contributed by atoms with Crippen LogP contribution in [0.15, 0.2) is 0 Å². The number of hydrogen-bond donors (Lipinski definition) is 1. The van der Waals surface area contributed by atoms with Crippen LogP contribution in [0, 0.1) is 0 Å². The Labute approximate surface area is 504 Å². The van der Waals surface area contributed by atoms with Gasteiger partial charge in [0.1, 0.15) is 13.2 Å². The lowest BCUT2D eigenvalue weighted by Gasteiger charge is -2.25. The summed E-state index contributed by atoms with van der Waals surface area (Å²) in [4.78, 5) is 37.6. The van der Waals surface area contributed by atoms with Gasteiger partial charge < -0.3 is 28.5 Å². The number of quaternary nitrogens is 1. The van der Waals surface area contributed by atoms with E-state index in [-0.39, 0.29) is 38.2 Å². The second-order valence-corrected chi connectivity index (χ2v) is 26.3. The zero-order chi connectivity index (χ0) is 59.1. The Morgan fingerprint density at radius 1 is 0.321 bits per heavy atom. The lowest BCUT2D eigenvalue weighted by molar-refractivity contribution is -0.870. The number of aliphatic carboxylic acids is 1. The Hall–Kier alpha value is -1.71. The molecule has 0 spiro atoms. The van der Waals surface area contributed by atoms with Gasteiger partial charge in [0, 0.05) is 12.8 Å². The van der Waals surface area contributed by atoms with Crippen LogP contribution in [0.1, 0.15) is 386 Å². The maximum Gasteiger partial charge on any atom is 0.361 e. The molecule has 9 heteroatoms. The molecule has 0 heterocycles. The molecule has 0 aromatic carbocycles. The average molecular weight is 1150 g/mol. The van der Waals surface area contributed by atoms with Crippen LogP contribution < -0.4 is 0 Å². The number of ether oxygens (including phenoxy) is 4. The molecule has 0 aromatic rings. The third-order valence-corrected chi connectivity index (χ3v) is 16.9. The Bertz CT molecular complexity index is 1290. The highest BCUT2D eigenvalue weighted by Gasteiger charge is 2.25. The highest BCUT2D eigenvalue weighted by Crippen LogP contribution is 2.20. The van der Waals surface area contributed by atoms with Gasteiger partial charge in [-0.05, 0) is 12.8 Å². The summed E-state index contributed by atoms with van der Waals surface area (Å²) in [6.45, 7) is 4.98. The van der Waals surface area contributed by atoms with E-state index in [1.807, 2.05) is 21.1 Å². The van der Waals surface area contributed by atoms with E-state index in [9.17, 15) is 19.5 Å². The number of rotatable bonds is 69. The first-order valence-electron chi connectivity index (χ1n) is 36.2. The van der Waals surface area contributed by atoms with Crippen molar-refractivity contribution in [2.75, 3.05) is 47.5 Å². The minimum absolute atomic E-state index is 0.172. The molecule has 0 aliphatic carbocycles. The molecule has 0 saturated heterocycles. The van der Waals surface area contributed by atoms with Crippen molar-refractivity contribution in [2.45, 2.75) is 399 Å². The first-order chi connectivity index (χ1) is 39.6. The highest BCUT2D eigenvalue weighted by molar-refractivity contribution is 5.71. The lowest BCUT2D eigenvalue weighted by atomic mass is 10.0. The summed E-state index contributed by atoms with van der Waals surface area (Å²) in [5.41, 5.74) is 0. The molecule has 0 rings (SSSR count). The fraction of sp³-hybridized carbons (Fsp3) is 0.958. The molecule has 0 fully saturated rings. The van der Waals surface area contributed by atoms with Gasteiger partial charge in [0.05, 0.1) is 34.4 Å². The monoisotopic (exact) mass is 1150 g/mol. The van der Waals surface area contributed by atoms with E-state index in [0.29, 0.717) is 17.4 Å². The SMILES string of the molecule is CCCCCCCCCCCCCCCCCCCCCCCCCCCCCCC(=O)OCC(COC(OCC[N+](C)(C)C)C(=O)O)OC(=O)CCCCCCCCCCCCCCCCCCCCCCCCCCCCCC. The number of nitrogens with zero attached hydrogens (tertiary/aromatic N) is 1. The van der Waals surface area contributed by atoms with E-state index >= 15 is 0 Å². The van der Waals surface area contributed by atoms with Gasteiger partial charge >= 0.3 is 17.9 Å². The fourth-order valence-electron chi connectivity index (χ4n) is 11.3. The predicted molar refractivity (Wildman–Crippen MR) is 346 cm³/mol. The van der Waals surface area contributed by atoms with Gasteiger partial charge in [0.2, 0.25) is 0 Å². The zero-order valence-electron chi connectivity index (χ0n) is 55.2. The summed E-state index contributed by atoms with van der Waals surface area (Å²) in [5, 5.41) is 9.75. The molecule has 0 radical (unpaired) electrons. The minimum atomic E-state index is -1.50. The average Bonchev–Trinajstić information content (AvgIpc) is 3.44. The van der Waals surface area contributed by atoms with E-state index in [4.69, 9.17) is 18.9 Å². The number of carbonyl (C=O) groups is 3. The lowest BCUT2D eigenvalue weighted by Crippen LogP contribution is -2.40. The Morgan fingerprint density at radius 2 is 0.556 bits per heavy atom. The van der Waals surface area contributed by atoms with Gasteiger partial charge in [-0.15, -0.1) is 0 Å². The van der Waals surface area contributed by atoms with E-state index in [2.05, 4.69) is 13.8 Å². The largest absolute Gasteiger partial charge is 0.477 e. The molecular weight excluding hydrogens is 1010 g/mol. The third kappa shape index (κ3) is 65.7. The molecule has 0 amide bonds. The van der Waals surface area contributed by atoms with Crippen LogP contribution >= 0.6 is 0 Å². The summed E-state index contributed by atoms with van der Waals surface area (Å²) in [6, 6.07) is 0. The van der Waals surface area contributed by atoms with Gasteiger partial charge in [-0.2, -0.15) is 0 Å². The first-order valence-corrected chi connectivity index (χ1v) is 36.2. The second kappa shape index (κ2) is 64.3. The molecule has 0 bridgehead atoms. The van der Waals surface area contributed by atoms with Crippen molar-refractivity contribution in [3.05, 3.63) is 0 Å². The van der Waals surface area contributed by atoms with E-state index < -0.39 is 18.4 Å². The van der Waals surface area contributed by atoms with Gasteiger partial charge in [0.25, 0.3) is 6.29 Å². The van der Waals surface area contributed by atoms with Crippen molar-refractivity contribution in [3.8, 4) is 0 Å². The van der Waals surface area contributed by atoms with Gasteiger partial charge in [-0.3, -0.25) is 9.59 Å². The second-order valence-electron chi connectivity index (χ2n) is 26.3. The number of carbonyl (C=O) groups excluding carboxylic acids is 2. The predicted octanol–water partition coefficient (Wildman–Crippen LogP) is 22.3. The van der Waals surface area contributed by atoms with E-state index in [0.717, 1.165) is 38.5 Å². The molecule has 2 unspecified atom stereocenters. The molecule has 0 aliphatic heterocycles. The maximum atomic E-state index is 12.9. The summed E-state index contributed by atoms with van der Waals surface area (Å²) < 4.78 is 23.0. The molecule has 2 atom stereocenters. The summed E-state index contributed by atoms with van der Waals surface area (Å²) in [7, 11) is 6.00. The van der Waals surface area contributed by atoms with Crippen LogP contribution in [0.4, 0.5) is 0 Å². The molecule has 81 heavy (non-hydrogen) atoms. The number of carboxylic acid groups (broad SMARTS) is 1. The Morgan fingerprint density at radius 3 is 0.790 bits per heavy atom. The summed E-state index contributed by atoms with van der Waals surface area (Å²) in [5.74, 6) is -1.96. The van der Waals surface area contributed by atoms with Crippen molar-refractivity contribution in [2.24, 2.45) is 0 Å². The van der Waals surface area contributed by atoms with Crippen molar-refractivity contribution >= 4 is 17.9 Å². The maximum absolute atomic E-state index is 12.9. The molecule has 0 aromatic heterocycles.